The van der Waals surface area contributed by atoms with Gasteiger partial charge in [-0.2, -0.15) is 0 Å². The average Bonchev–Trinajstić information content (AvgIpc) is 3.14. The lowest BCUT2D eigenvalue weighted by molar-refractivity contribution is -0.141. The maximum Gasteiger partial charge on any atom is 0.269 e. The maximum atomic E-state index is 13.8. The molecule has 1 unspecified atom stereocenters. The Morgan fingerprint density at radius 2 is 1.57 bits per heavy atom. The zero-order chi connectivity index (χ0) is 28.9. The van der Waals surface area contributed by atoms with E-state index in [1.54, 1.807) is 6.07 Å². The van der Waals surface area contributed by atoms with E-state index in [0.29, 0.717) is 16.4 Å². The van der Waals surface area contributed by atoms with Crippen molar-refractivity contribution in [2.75, 3.05) is 13.1 Å². The Kier molecular flexibility index (Phi) is 8.99. The van der Waals surface area contributed by atoms with Crippen molar-refractivity contribution in [1.29, 1.82) is 0 Å². The predicted octanol–water partition coefficient (Wildman–Crippen LogP) is 3.77. The summed E-state index contributed by atoms with van der Waals surface area (Å²) >= 11 is 0. The van der Waals surface area contributed by atoms with Gasteiger partial charge in [0.2, 0.25) is 11.8 Å². The molecule has 0 radical (unpaired) electrons. The standard InChI is InChI=1S/C30H32FN3O5S/c1-21(2)19-32-29(36)26(18-22-8-4-3-5-9-22)33(20-23-12-14-24(31)15-13-23)28(35)16-17-34-30(37)25-10-6-7-11-27(25)40(34,38)39/h3-15,21,26H,16-20H2,1-2H3,(H,32,36). The highest BCUT2D eigenvalue weighted by molar-refractivity contribution is 7.90. The minimum absolute atomic E-state index is 0.00731. The quantitative estimate of drug-likeness (QED) is 0.381. The minimum Gasteiger partial charge on any atom is -0.354 e. The molecule has 0 bridgehead atoms. The molecule has 1 heterocycles. The molecule has 3 aromatic carbocycles. The first-order valence-electron chi connectivity index (χ1n) is 13.1. The summed E-state index contributed by atoms with van der Waals surface area (Å²) in [5.41, 5.74) is 1.49. The number of nitrogens with zero attached hydrogens (tertiary/aromatic N) is 2. The molecule has 1 aliphatic heterocycles. The molecule has 3 amide bonds. The fourth-order valence-electron chi connectivity index (χ4n) is 4.56. The third-order valence-electron chi connectivity index (χ3n) is 6.66. The molecule has 4 rings (SSSR count). The molecule has 0 fully saturated rings. The van der Waals surface area contributed by atoms with Crippen LogP contribution in [0.1, 0.15) is 41.8 Å². The molecule has 0 aromatic heterocycles. The molecular formula is C30H32FN3O5S. The van der Waals surface area contributed by atoms with E-state index in [0.717, 1.165) is 5.56 Å². The van der Waals surface area contributed by atoms with Crippen LogP contribution in [0, 0.1) is 11.7 Å². The highest BCUT2D eigenvalue weighted by Crippen LogP contribution is 2.30. The van der Waals surface area contributed by atoms with Gasteiger partial charge in [0.05, 0.1) is 5.56 Å². The topological polar surface area (TPSA) is 104 Å². The van der Waals surface area contributed by atoms with Gasteiger partial charge in [-0.1, -0.05) is 68.4 Å². The second kappa shape index (κ2) is 12.4. The van der Waals surface area contributed by atoms with E-state index in [4.69, 9.17) is 0 Å². The molecule has 1 atom stereocenters. The van der Waals surface area contributed by atoms with Gasteiger partial charge in [0.25, 0.3) is 15.9 Å². The van der Waals surface area contributed by atoms with Crippen LogP contribution in [0.5, 0.6) is 0 Å². The highest BCUT2D eigenvalue weighted by Gasteiger charge is 2.41. The monoisotopic (exact) mass is 565 g/mol. The third-order valence-corrected chi connectivity index (χ3v) is 8.50. The molecule has 210 valence electrons. The van der Waals surface area contributed by atoms with Crippen molar-refractivity contribution in [3.05, 3.63) is 101 Å². The molecule has 0 saturated carbocycles. The van der Waals surface area contributed by atoms with Gasteiger partial charge < -0.3 is 10.2 Å². The fraction of sp³-hybridized carbons (Fsp3) is 0.300. The molecule has 1 N–H and O–H groups in total. The van der Waals surface area contributed by atoms with Crippen molar-refractivity contribution >= 4 is 27.7 Å². The predicted molar refractivity (Wildman–Crippen MR) is 148 cm³/mol. The fourth-order valence-corrected chi connectivity index (χ4v) is 6.13. The van der Waals surface area contributed by atoms with Crippen LogP contribution in [-0.4, -0.2) is 54.5 Å². The lowest BCUT2D eigenvalue weighted by Gasteiger charge is -2.32. The van der Waals surface area contributed by atoms with E-state index in [2.05, 4.69) is 5.32 Å². The smallest absolute Gasteiger partial charge is 0.269 e. The summed E-state index contributed by atoms with van der Waals surface area (Å²) in [6.45, 7) is 3.94. The Hall–Kier alpha value is -4.05. The zero-order valence-corrected chi connectivity index (χ0v) is 23.2. The van der Waals surface area contributed by atoms with Crippen molar-refractivity contribution in [3.8, 4) is 0 Å². The Labute approximate surface area is 233 Å². The second-order valence-corrected chi connectivity index (χ2v) is 12.0. The van der Waals surface area contributed by atoms with Crippen LogP contribution in [0.25, 0.3) is 0 Å². The summed E-state index contributed by atoms with van der Waals surface area (Å²) in [6, 6.07) is 19.8. The number of amides is 3. The van der Waals surface area contributed by atoms with E-state index in [1.165, 1.54) is 47.4 Å². The zero-order valence-electron chi connectivity index (χ0n) is 22.4. The number of sulfonamides is 1. The van der Waals surface area contributed by atoms with Gasteiger partial charge in [-0.25, -0.2) is 17.1 Å². The molecule has 0 aliphatic carbocycles. The van der Waals surface area contributed by atoms with Crippen LogP contribution in [0.2, 0.25) is 0 Å². The number of nitrogens with one attached hydrogen (secondary N) is 1. The normalized spacial score (nSPS) is 14.6. The van der Waals surface area contributed by atoms with Crippen molar-refractivity contribution in [2.24, 2.45) is 5.92 Å². The SMILES string of the molecule is CC(C)CNC(=O)C(Cc1ccccc1)N(Cc1ccc(F)cc1)C(=O)CCN1C(=O)c2ccccc2S1(=O)=O. The van der Waals surface area contributed by atoms with Crippen LogP contribution < -0.4 is 5.32 Å². The van der Waals surface area contributed by atoms with Gasteiger partial charge in [-0.3, -0.25) is 14.4 Å². The van der Waals surface area contributed by atoms with Crippen LogP contribution in [0.3, 0.4) is 0 Å². The van der Waals surface area contributed by atoms with Gasteiger partial charge in [0.1, 0.15) is 16.8 Å². The number of carbonyl (C=O) groups excluding carboxylic acids is 3. The van der Waals surface area contributed by atoms with E-state index in [1.807, 2.05) is 44.2 Å². The molecular weight excluding hydrogens is 533 g/mol. The number of hydrogen-bond donors (Lipinski definition) is 1. The molecule has 40 heavy (non-hydrogen) atoms. The summed E-state index contributed by atoms with van der Waals surface area (Å²) in [6.07, 6.45) is -0.118. The highest BCUT2D eigenvalue weighted by atomic mass is 32.2. The third kappa shape index (κ3) is 6.56. The number of rotatable bonds is 11. The average molecular weight is 566 g/mol. The van der Waals surface area contributed by atoms with E-state index in [9.17, 15) is 27.2 Å². The van der Waals surface area contributed by atoms with Gasteiger partial charge in [0, 0.05) is 32.5 Å². The first-order chi connectivity index (χ1) is 19.1. The van der Waals surface area contributed by atoms with E-state index in [-0.39, 0.29) is 48.2 Å². The first kappa shape index (κ1) is 28.9. The van der Waals surface area contributed by atoms with Crippen molar-refractivity contribution in [2.45, 2.75) is 44.2 Å². The number of halogens is 1. The summed E-state index contributed by atoms with van der Waals surface area (Å²) in [4.78, 5) is 41.4. The summed E-state index contributed by atoms with van der Waals surface area (Å²) in [5.74, 6) is -1.82. The molecule has 0 spiro atoms. The number of benzene rings is 3. The van der Waals surface area contributed by atoms with Gasteiger partial charge in [0.15, 0.2) is 0 Å². The van der Waals surface area contributed by atoms with Crippen LogP contribution >= 0.6 is 0 Å². The lowest BCUT2D eigenvalue weighted by atomic mass is 10.0. The Bertz CT molecular complexity index is 1480. The van der Waals surface area contributed by atoms with Crippen LogP contribution in [0.4, 0.5) is 4.39 Å². The van der Waals surface area contributed by atoms with E-state index < -0.39 is 33.7 Å². The Morgan fingerprint density at radius 1 is 0.925 bits per heavy atom. The minimum atomic E-state index is -4.09. The van der Waals surface area contributed by atoms with Gasteiger partial charge >= 0.3 is 0 Å². The van der Waals surface area contributed by atoms with Crippen molar-refractivity contribution < 1.29 is 27.2 Å². The molecule has 3 aromatic rings. The Balaban J connectivity index is 1.63. The number of hydrogen-bond acceptors (Lipinski definition) is 5. The van der Waals surface area contributed by atoms with Crippen LogP contribution in [-0.2, 0) is 32.6 Å². The second-order valence-electron chi connectivity index (χ2n) is 10.1. The molecule has 8 nitrogen and oxygen atoms in total. The van der Waals surface area contributed by atoms with E-state index >= 15 is 0 Å². The maximum absolute atomic E-state index is 13.8. The molecule has 0 saturated heterocycles. The van der Waals surface area contributed by atoms with Crippen molar-refractivity contribution in [1.82, 2.24) is 14.5 Å². The first-order valence-corrected chi connectivity index (χ1v) is 14.5. The summed E-state index contributed by atoms with van der Waals surface area (Å²) in [7, 11) is -4.09. The van der Waals surface area contributed by atoms with Crippen LogP contribution in [0.15, 0.2) is 83.8 Å². The largest absolute Gasteiger partial charge is 0.354 e. The summed E-state index contributed by atoms with van der Waals surface area (Å²) < 4.78 is 40.3. The summed E-state index contributed by atoms with van der Waals surface area (Å²) in [5, 5.41) is 2.91. The van der Waals surface area contributed by atoms with Crippen molar-refractivity contribution in [3.63, 3.8) is 0 Å². The lowest BCUT2D eigenvalue weighted by Crippen LogP contribution is -2.51. The number of carbonyl (C=O) groups is 3. The van der Waals surface area contributed by atoms with Gasteiger partial charge in [-0.05, 0) is 41.3 Å². The molecule has 1 aliphatic rings. The van der Waals surface area contributed by atoms with Gasteiger partial charge in [-0.15, -0.1) is 0 Å². The molecule has 10 heteroatoms. The number of fused-ring (bicyclic) bond motifs is 1. The Morgan fingerprint density at radius 3 is 2.23 bits per heavy atom.